The lowest BCUT2D eigenvalue weighted by Gasteiger charge is -2.30. The predicted octanol–water partition coefficient (Wildman–Crippen LogP) is 2.51. The van der Waals surface area contributed by atoms with Gasteiger partial charge in [-0.25, -0.2) is 13.2 Å². The molecule has 0 unspecified atom stereocenters. The van der Waals surface area contributed by atoms with Gasteiger partial charge in [-0.2, -0.15) is 0 Å². The lowest BCUT2D eigenvalue weighted by Crippen LogP contribution is -2.58. The summed E-state index contributed by atoms with van der Waals surface area (Å²) in [6, 6.07) is -1.68. The van der Waals surface area contributed by atoms with Crippen LogP contribution in [0.15, 0.2) is 12.2 Å². The summed E-state index contributed by atoms with van der Waals surface area (Å²) < 4.78 is 32.7. The summed E-state index contributed by atoms with van der Waals surface area (Å²) in [7, 11) is -3.79. The molecule has 0 aromatic heterocycles. The highest BCUT2D eigenvalue weighted by atomic mass is 32.2. The number of alkyl carbamates (subject to hydrolysis) is 1. The second kappa shape index (κ2) is 11.7. The van der Waals surface area contributed by atoms with Gasteiger partial charge >= 0.3 is 6.09 Å². The van der Waals surface area contributed by atoms with Crippen LogP contribution in [-0.4, -0.2) is 72.2 Å². The number of carbonyl (C=O) groups excluding carboxylic acids is 4. The van der Waals surface area contributed by atoms with E-state index in [-0.39, 0.29) is 17.7 Å². The number of carbonyl (C=O) groups is 4. The molecule has 3 fully saturated rings. The van der Waals surface area contributed by atoms with E-state index < -0.39 is 56.4 Å². The Bertz CT molecular complexity index is 1140. The number of sulfonamides is 1. The van der Waals surface area contributed by atoms with Gasteiger partial charge in [0.25, 0.3) is 5.91 Å². The molecule has 0 bridgehead atoms. The molecule has 2 heterocycles. The Balaban J connectivity index is 1.58. The highest BCUT2D eigenvalue weighted by Gasteiger charge is 2.62. The zero-order valence-corrected chi connectivity index (χ0v) is 24.8. The molecule has 2 aliphatic carbocycles. The fourth-order valence-corrected chi connectivity index (χ4v) is 7.00. The summed E-state index contributed by atoms with van der Waals surface area (Å²) in [5.74, 6) is -1.80. The fraction of sp³-hybridized carbons (Fsp3) is 0.786. The van der Waals surface area contributed by atoms with Crippen molar-refractivity contribution in [1.29, 1.82) is 0 Å². The number of nitrogens with zero attached hydrogens (tertiary/aromatic N) is 1. The maximum atomic E-state index is 13.9. The maximum absolute atomic E-state index is 13.9. The van der Waals surface area contributed by atoms with Gasteiger partial charge in [0.2, 0.25) is 21.8 Å². The van der Waals surface area contributed by atoms with Crippen LogP contribution in [0.1, 0.15) is 91.9 Å². The van der Waals surface area contributed by atoms with Gasteiger partial charge in [-0.3, -0.25) is 19.1 Å². The maximum Gasteiger partial charge on any atom is 0.408 e. The molecule has 2 aliphatic heterocycles. The number of rotatable bonds is 5. The Morgan fingerprint density at radius 1 is 1.15 bits per heavy atom. The number of amides is 4. The predicted molar refractivity (Wildman–Crippen MR) is 148 cm³/mol. The highest BCUT2D eigenvalue weighted by molar-refractivity contribution is 7.91. The minimum absolute atomic E-state index is 0.0793. The van der Waals surface area contributed by atoms with Crippen LogP contribution in [0, 0.1) is 11.8 Å². The van der Waals surface area contributed by atoms with Crippen molar-refractivity contribution < 1.29 is 32.3 Å². The van der Waals surface area contributed by atoms with E-state index in [2.05, 4.69) is 15.4 Å². The Morgan fingerprint density at radius 3 is 2.52 bits per heavy atom. The van der Waals surface area contributed by atoms with Crippen LogP contribution >= 0.6 is 0 Å². The van der Waals surface area contributed by atoms with Crippen molar-refractivity contribution >= 4 is 33.8 Å². The van der Waals surface area contributed by atoms with Crippen LogP contribution in [0.3, 0.4) is 0 Å². The number of allylic oxidation sites excluding steroid dienone is 1. The molecular weight excluding hydrogens is 536 g/mol. The average molecular weight is 581 g/mol. The van der Waals surface area contributed by atoms with Crippen molar-refractivity contribution in [1.82, 2.24) is 20.3 Å². The van der Waals surface area contributed by atoms with Gasteiger partial charge in [0.15, 0.2) is 0 Å². The lowest BCUT2D eigenvalue weighted by molar-refractivity contribution is -0.141. The first kappa shape index (κ1) is 30.3. The minimum Gasteiger partial charge on any atom is -0.444 e. The van der Waals surface area contributed by atoms with Gasteiger partial charge in [-0.15, -0.1) is 0 Å². The molecule has 3 N–H and O–H groups in total. The van der Waals surface area contributed by atoms with Crippen molar-refractivity contribution in [3.05, 3.63) is 12.2 Å². The molecule has 11 nitrogen and oxygen atoms in total. The first-order valence-electron chi connectivity index (χ1n) is 14.6. The Kier molecular flexibility index (Phi) is 8.87. The zero-order valence-electron chi connectivity index (χ0n) is 24.0. The van der Waals surface area contributed by atoms with Gasteiger partial charge in [-0.1, -0.05) is 38.3 Å². The number of fused-ring (bicyclic) bond motifs is 2. The van der Waals surface area contributed by atoms with Gasteiger partial charge in [0.1, 0.15) is 23.2 Å². The van der Waals surface area contributed by atoms with Crippen molar-refractivity contribution in [3.63, 3.8) is 0 Å². The van der Waals surface area contributed by atoms with E-state index >= 15 is 0 Å². The molecule has 4 aliphatic rings. The topological polar surface area (TPSA) is 151 Å². The van der Waals surface area contributed by atoms with Gasteiger partial charge in [-0.05, 0) is 71.6 Å². The summed E-state index contributed by atoms with van der Waals surface area (Å²) in [6.07, 6.45) is 9.22. The molecule has 1 saturated heterocycles. The Morgan fingerprint density at radius 2 is 1.88 bits per heavy atom. The molecule has 2 saturated carbocycles. The zero-order chi connectivity index (χ0) is 29.3. The molecule has 4 rings (SSSR count). The molecule has 0 aromatic rings. The van der Waals surface area contributed by atoms with Crippen molar-refractivity contribution in [3.8, 4) is 0 Å². The van der Waals surface area contributed by atoms with Crippen LogP contribution in [0.2, 0.25) is 0 Å². The van der Waals surface area contributed by atoms with E-state index in [9.17, 15) is 27.6 Å². The highest BCUT2D eigenvalue weighted by Crippen LogP contribution is 2.46. The first-order valence-corrected chi connectivity index (χ1v) is 16.1. The Labute approximate surface area is 237 Å². The molecular formula is C28H44N4O7S. The number of nitrogens with one attached hydrogen (secondary N) is 3. The summed E-state index contributed by atoms with van der Waals surface area (Å²) >= 11 is 0. The van der Waals surface area contributed by atoms with Crippen molar-refractivity contribution in [2.75, 3.05) is 6.54 Å². The van der Waals surface area contributed by atoms with Crippen LogP contribution < -0.4 is 15.4 Å². The van der Waals surface area contributed by atoms with Crippen LogP contribution in [0.5, 0.6) is 0 Å². The van der Waals surface area contributed by atoms with Crippen molar-refractivity contribution in [2.24, 2.45) is 11.8 Å². The molecule has 12 heteroatoms. The van der Waals surface area contributed by atoms with E-state index in [1.807, 2.05) is 19.1 Å². The molecule has 40 heavy (non-hydrogen) atoms. The fourth-order valence-electron chi connectivity index (χ4n) is 5.63. The second-order valence-corrected chi connectivity index (χ2v) is 14.7. The lowest BCUT2D eigenvalue weighted by atomic mass is 10.0. The van der Waals surface area contributed by atoms with Gasteiger partial charge < -0.3 is 20.3 Å². The molecule has 224 valence electrons. The largest absolute Gasteiger partial charge is 0.444 e. The second-order valence-electron chi connectivity index (χ2n) is 12.7. The minimum atomic E-state index is -3.79. The average Bonchev–Trinajstić information content (AvgIpc) is 3.77. The van der Waals surface area contributed by atoms with Crippen LogP contribution in [0.4, 0.5) is 4.79 Å². The SMILES string of the molecule is CC[C@@H]1C[C@H]2C(=O)N[C@]3(C(=O)NS(=O)(=O)C4CC4)C[C@@H]3/C=C\CCCCC[C@H](NC(=O)OC(C)(C)C)C(=O)N2C1. The van der Waals surface area contributed by atoms with Crippen molar-refractivity contribution in [2.45, 2.75) is 120 Å². The molecule has 0 aromatic carbocycles. The summed E-state index contributed by atoms with van der Waals surface area (Å²) in [5.41, 5.74) is -2.10. The van der Waals surface area contributed by atoms with Gasteiger partial charge in [0, 0.05) is 12.5 Å². The third kappa shape index (κ3) is 7.16. The van der Waals surface area contributed by atoms with Crippen LogP contribution in [0.25, 0.3) is 0 Å². The van der Waals surface area contributed by atoms with E-state index in [0.29, 0.717) is 45.1 Å². The quantitative estimate of drug-likeness (QED) is 0.423. The van der Waals surface area contributed by atoms with Gasteiger partial charge in [0.05, 0.1) is 5.25 Å². The van der Waals surface area contributed by atoms with E-state index in [1.165, 1.54) is 4.90 Å². The smallest absolute Gasteiger partial charge is 0.408 e. The van der Waals surface area contributed by atoms with Crippen LogP contribution in [-0.2, 0) is 29.1 Å². The molecule has 0 spiro atoms. The molecule has 4 amide bonds. The third-order valence-electron chi connectivity index (χ3n) is 8.24. The molecule has 5 atom stereocenters. The third-order valence-corrected chi connectivity index (χ3v) is 10.1. The number of hydrogen-bond acceptors (Lipinski definition) is 7. The molecule has 0 radical (unpaired) electrons. The monoisotopic (exact) mass is 580 g/mol. The van der Waals surface area contributed by atoms with E-state index in [0.717, 1.165) is 25.7 Å². The Hall–Kier alpha value is -2.63. The number of ether oxygens (including phenoxy) is 1. The summed E-state index contributed by atoms with van der Waals surface area (Å²) in [6.45, 7) is 7.60. The van der Waals surface area contributed by atoms with E-state index in [1.54, 1.807) is 20.8 Å². The standard InChI is InChI=1S/C28H44N4O7S/c1-5-18-15-22-23(33)30-28(25(35)31-40(37,38)20-13-14-20)16-19(28)11-9-7-6-8-10-12-21(24(34)32(22)17-18)29-26(36)39-27(2,3)4/h9,11,18-22H,5-8,10,12-17H2,1-4H3,(H,29,36)(H,30,33)(H,31,35)/b11-9-/t18-,19+,21+,22+,28-/m1/s1. The normalized spacial score (nSPS) is 32.5. The van der Waals surface area contributed by atoms with E-state index in [4.69, 9.17) is 4.74 Å². The number of hydrogen-bond donors (Lipinski definition) is 3. The summed E-state index contributed by atoms with van der Waals surface area (Å²) in [4.78, 5) is 55.1. The summed E-state index contributed by atoms with van der Waals surface area (Å²) in [5, 5.41) is 5.03. The first-order chi connectivity index (χ1) is 18.8.